The molecule has 0 aromatic heterocycles. The van der Waals surface area contributed by atoms with Crippen LogP contribution in [0.15, 0.2) is 28.5 Å². The molecule has 14 heavy (non-hydrogen) atoms. The van der Waals surface area contributed by atoms with Crippen molar-refractivity contribution in [2.24, 2.45) is 10.7 Å². The molecule has 0 aromatic rings. The number of nitrogens with one attached hydrogen (secondary N) is 2. The van der Waals surface area contributed by atoms with Gasteiger partial charge in [-0.15, -0.1) is 0 Å². The maximum Gasteiger partial charge on any atom is 0.0543 e. The zero-order valence-electron chi connectivity index (χ0n) is 8.96. The van der Waals surface area contributed by atoms with Gasteiger partial charge in [0.05, 0.1) is 6.54 Å². The molecule has 0 aromatic carbocycles. The van der Waals surface area contributed by atoms with Gasteiger partial charge in [0, 0.05) is 30.4 Å². The molecule has 78 valence electrons. The summed E-state index contributed by atoms with van der Waals surface area (Å²) in [6.07, 6.45) is 4.74. The standard InChI is InChI=1S/C10H18N4/c1-8(4-5-11)14-7-10(12)6-9(2)13-3/h4-6,11,14H,7,12H2,1-3H3/b8-4-,10-6?,11-5?,13-9?. The lowest BCUT2D eigenvalue weighted by molar-refractivity contribution is 0.863. The van der Waals surface area contributed by atoms with E-state index in [0.29, 0.717) is 6.54 Å². The lowest BCUT2D eigenvalue weighted by Crippen LogP contribution is -2.19. The predicted molar refractivity (Wildman–Crippen MR) is 61.8 cm³/mol. The third-order valence-corrected chi connectivity index (χ3v) is 1.65. The van der Waals surface area contributed by atoms with Gasteiger partial charge in [0.1, 0.15) is 0 Å². The van der Waals surface area contributed by atoms with Crippen molar-refractivity contribution in [1.29, 1.82) is 5.41 Å². The molecule has 0 saturated carbocycles. The number of hydrogen-bond acceptors (Lipinski definition) is 4. The number of nitrogens with two attached hydrogens (primary N) is 1. The summed E-state index contributed by atoms with van der Waals surface area (Å²) in [7, 11) is 1.73. The largest absolute Gasteiger partial charge is 0.401 e. The molecule has 0 saturated heterocycles. The van der Waals surface area contributed by atoms with Gasteiger partial charge >= 0.3 is 0 Å². The van der Waals surface area contributed by atoms with Crippen LogP contribution in [-0.4, -0.2) is 25.5 Å². The predicted octanol–water partition coefficient (Wildman–Crippen LogP) is 1.06. The molecule has 0 spiro atoms. The Morgan fingerprint density at radius 3 is 2.64 bits per heavy atom. The maximum absolute atomic E-state index is 6.86. The van der Waals surface area contributed by atoms with Gasteiger partial charge in [0.25, 0.3) is 0 Å². The zero-order valence-corrected chi connectivity index (χ0v) is 8.96. The maximum atomic E-state index is 6.86. The van der Waals surface area contributed by atoms with Crippen molar-refractivity contribution in [1.82, 2.24) is 5.32 Å². The quantitative estimate of drug-likeness (QED) is 0.572. The lowest BCUT2D eigenvalue weighted by Gasteiger charge is -2.05. The molecule has 4 N–H and O–H groups in total. The molecule has 0 unspecified atom stereocenters. The Morgan fingerprint density at radius 1 is 1.50 bits per heavy atom. The summed E-state index contributed by atoms with van der Waals surface area (Å²) in [5, 5.41) is 9.93. The van der Waals surface area contributed by atoms with Crippen LogP contribution in [0.25, 0.3) is 0 Å². The van der Waals surface area contributed by atoms with E-state index in [1.54, 1.807) is 13.1 Å². The average Bonchev–Trinajstić information content (AvgIpc) is 2.15. The van der Waals surface area contributed by atoms with Crippen molar-refractivity contribution in [2.75, 3.05) is 13.6 Å². The highest BCUT2D eigenvalue weighted by molar-refractivity contribution is 5.93. The third kappa shape index (κ3) is 5.99. The van der Waals surface area contributed by atoms with Gasteiger partial charge in [-0.25, -0.2) is 0 Å². The second kappa shape index (κ2) is 6.88. The summed E-state index contributed by atoms with van der Waals surface area (Å²) in [5.41, 5.74) is 8.28. The molecule has 0 bridgehead atoms. The van der Waals surface area contributed by atoms with Crippen molar-refractivity contribution >= 4 is 11.9 Å². The van der Waals surface area contributed by atoms with E-state index in [1.807, 2.05) is 19.9 Å². The second-order valence-electron chi connectivity index (χ2n) is 2.95. The first-order valence-corrected chi connectivity index (χ1v) is 4.40. The Hall–Kier alpha value is -1.58. The van der Waals surface area contributed by atoms with Crippen LogP contribution in [0, 0.1) is 5.41 Å². The van der Waals surface area contributed by atoms with Gasteiger partial charge in [-0.05, 0) is 26.0 Å². The second-order valence-corrected chi connectivity index (χ2v) is 2.95. The van der Waals surface area contributed by atoms with Gasteiger partial charge in [-0.1, -0.05) is 0 Å². The van der Waals surface area contributed by atoms with E-state index in [4.69, 9.17) is 11.1 Å². The fraction of sp³-hybridized carbons (Fsp3) is 0.400. The topological polar surface area (TPSA) is 74.3 Å². The molecule has 0 aliphatic heterocycles. The van der Waals surface area contributed by atoms with Crippen LogP contribution in [0.4, 0.5) is 0 Å². The number of rotatable bonds is 5. The van der Waals surface area contributed by atoms with E-state index in [1.165, 1.54) is 6.21 Å². The average molecular weight is 194 g/mol. The SMILES string of the molecule is CN=C(C)C=C(N)CN/C(C)=C\C=N. The van der Waals surface area contributed by atoms with E-state index in [0.717, 1.165) is 17.1 Å². The molecular weight excluding hydrogens is 176 g/mol. The van der Waals surface area contributed by atoms with Gasteiger partial charge in [-0.3, -0.25) is 4.99 Å². The van der Waals surface area contributed by atoms with Gasteiger partial charge < -0.3 is 16.5 Å². The number of aliphatic imine (C=N–C) groups is 1. The molecule has 0 rings (SSSR count). The van der Waals surface area contributed by atoms with Crippen LogP contribution >= 0.6 is 0 Å². The van der Waals surface area contributed by atoms with E-state index < -0.39 is 0 Å². The number of nitrogens with zero attached hydrogens (tertiary/aromatic N) is 1. The van der Waals surface area contributed by atoms with E-state index >= 15 is 0 Å². The first kappa shape index (κ1) is 12.4. The minimum Gasteiger partial charge on any atom is -0.401 e. The van der Waals surface area contributed by atoms with E-state index in [-0.39, 0.29) is 0 Å². The molecule has 0 heterocycles. The Balaban J connectivity index is 4.08. The van der Waals surface area contributed by atoms with Crippen molar-refractivity contribution in [2.45, 2.75) is 13.8 Å². The fourth-order valence-corrected chi connectivity index (χ4v) is 0.809. The van der Waals surface area contributed by atoms with Crippen LogP contribution in [0.1, 0.15) is 13.8 Å². The first-order chi connectivity index (χ1) is 6.60. The van der Waals surface area contributed by atoms with Crippen molar-refractivity contribution < 1.29 is 0 Å². The molecule has 0 atom stereocenters. The van der Waals surface area contributed by atoms with Gasteiger partial charge in [-0.2, -0.15) is 0 Å². The summed E-state index contributed by atoms with van der Waals surface area (Å²) in [6, 6.07) is 0. The van der Waals surface area contributed by atoms with Crippen molar-refractivity contribution in [3.63, 3.8) is 0 Å². The van der Waals surface area contributed by atoms with E-state index in [9.17, 15) is 0 Å². The summed E-state index contributed by atoms with van der Waals surface area (Å²) in [4.78, 5) is 3.97. The normalized spacial score (nSPS) is 14.1. The smallest absolute Gasteiger partial charge is 0.0543 e. The van der Waals surface area contributed by atoms with Crippen molar-refractivity contribution in [3.8, 4) is 0 Å². The van der Waals surface area contributed by atoms with Crippen LogP contribution < -0.4 is 11.1 Å². The first-order valence-electron chi connectivity index (χ1n) is 4.40. The van der Waals surface area contributed by atoms with Crippen LogP contribution in [-0.2, 0) is 0 Å². The van der Waals surface area contributed by atoms with Crippen molar-refractivity contribution in [3.05, 3.63) is 23.5 Å². The highest BCUT2D eigenvalue weighted by Crippen LogP contribution is 1.89. The number of hydrogen-bond donors (Lipinski definition) is 3. The molecule has 0 aliphatic carbocycles. The van der Waals surface area contributed by atoms with Gasteiger partial charge in [0.2, 0.25) is 0 Å². The molecule has 0 radical (unpaired) electrons. The summed E-state index contributed by atoms with van der Waals surface area (Å²) in [5.74, 6) is 0. The molecule has 0 fully saturated rings. The third-order valence-electron chi connectivity index (χ3n) is 1.65. The summed E-state index contributed by atoms with van der Waals surface area (Å²) in [6.45, 7) is 4.36. The Labute approximate surface area is 85.1 Å². The number of allylic oxidation sites excluding steroid dienone is 3. The minimum absolute atomic E-state index is 0.572. The fourth-order valence-electron chi connectivity index (χ4n) is 0.809. The molecule has 0 aliphatic rings. The molecule has 4 nitrogen and oxygen atoms in total. The lowest BCUT2D eigenvalue weighted by atomic mass is 10.3. The molecular formula is C10H18N4. The van der Waals surface area contributed by atoms with Gasteiger partial charge in [0.15, 0.2) is 0 Å². The zero-order chi connectivity index (χ0) is 11.0. The molecule has 4 heteroatoms. The van der Waals surface area contributed by atoms with Crippen LogP contribution in [0.3, 0.4) is 0 Å². The Bertz CT molecular complexity index is 274. The Kier molecular flexibility index (Phi) is 6.11. The summed E-state index contributed by atoms with van der Waals surface area (Å²) >= 11 is 0. The highest BCUT2D eigenvalue weighted by atomic mass is 14.9. The monoisotopic (exact) mass is 194 g/mol. The van der Waals surface area contributed by atoms with Crippen LogP contribution in [0.2, 0.25) is 0 Å². The summed E-state index contributed by atoms with van der Waals surface area (Å²) < 4.78 is 0. The van der Waals surface area contributed by atoms with E-state index in [2.05, 4.69) is 10.3 Å². The highest BCUT2D eigenvalue weighted by Gasteiger charge is 1.91. The molecule has 0 amide bonds. The van der Waals surface area contributed by atoms with Crippen LogP contribution in [0.5, 0.6) is 0 Å². The Morgan fingerprint density at radius 2 is 2.14 bits per heavy atom. The minimum atomic E-state index is 0.572.